The van der Waals surface area contributed by atoms with Crippen molar-refractivity contribution in [2.75, 3.05) is 0 Å². The quantitative estimate of drug-likeness (QED) is 0.132. The van der Waals surface area contributed by atoms with Crippen LogP contribution in [-0.4, -0.2) is 4.98 Å². The Hall–Kier alpha value is -3.37. The molecule has 6 aromatic rings. The SMILES string of the molecule is CC(C)(C)c1cc(-c2[c-]c(-c3cc(C(C)(C)C)cc4c3[n-]c3ccc(C(C)(C)C)cc34)cc(C(C)(C)C)c2)[c-]c(-c2ncco2)c1.[Au+3]. The minimum Gasteiger partial charge on any atom is -0.663 e. The first kappa shape index (κ1) is 35.0. The number of oxazole rings is 1. The third-order valence-electron chi connectivity index (χ3n) is 9.07. The van der Waals surface area contributed by atoms with Crippen LogP contribution in [0.5, 0.6) is 0 Å². The van der Waals surface area contributed by atoms with Crippen molar-refractivity contribution >= 4 is 21.8 Å². The van der Waals surface area contributed by atoms with E-state index in [1.54, 1.807) is 12.5 Å². The van der Waals surface area contributed by atoms with Crippen molar-refractivity contribution in [2.24, 2.45) is 0 Å². The first-order valence-corrected chi connectivity index (χ1v) is 16.4. The van der Waals surface area contributed by atoms with E-state index >= 15 is 0 Å². The molecule has 0 spiro atoms. The summed E-state index contributed by atoms with van der Waals surface area (Å²) < 4.78 is 5.74. The van der Waals surface area contributed by atoms with Crippen LogP contribution in [0.25, 0.3) is 55.5 Å². The maximum atomic E-state index is 5.74. The normalized spacial score (nSPS) is 12.9. The zero-order valence-corrected chi connectivity index (χ0v) is 32.1. The van der Waals surface area contributed by atoms with E-state index in [4.69, 9.17) is 9.40 Å². The van der Waals surface area contributed by atoms with Gasteiger partial charge in [0, 0.05) is 0 Å². The summed E-state index contributed by atoms with van der Waals surface area (Å²) in [6.45, 7) is 27.2. The summed E-state index contributed by atoms with van der Waals surface area (Å²) in [4.78, 5) is 9.74. The van der Waals surface area contributed by atoms with Gasteiger partial charge in [-0.15, -0.1) is 34.3 Å². The molecule has 0 unspecified atom stereocenters. The van der Waals surface area contributed by atoms with E-state index in [1.807, 2.05) is 0 Å². The van der Waals surface area contributed by atoms with Crippen molar-refractivity contribution < 1.29 is 26.8 Å². The van der Waals surface area contributed by atoms with E-state index in [-0.39, 0.29) is 44.0 Å². The number of hydrogen-bond donors (Lipinski definition) is 0. The molecule has 6 rings (SSSR count). The fraction of sp³-hybridized carbons (Fsp3) is 0.372. The van der Waals surface area contributed by atoms with Gasteiger partial charge in [-0.1, -0.05) is 125 Å². The first-order valence-electron chi connectivity index (χ1n) is 16.4. The Bertz CT molecular complexity index is 2070. The molecule has 0 radical (unpaired) electrons. The van der Waals surface area contributed by atoms with Crippen LogP contribution in [0.2, 0.25) is 0 Å². The van der Waals surface area contributed by atoms with Gasteiger partial charge in [-0.2, -0.15) is 40.9 Å². The molecule has 2 aromatic heterocycles. The summed E-state index contributed by atoms with van der Waals surface area (Å²) in [6.07, 6.45) is 3.30. The second-order valence-electron chi connectivity index (χ2n) is 17.0. The topological polar surface area (TPSA) is 40.1 Å². The Morgan fingerprint density at radius 3 is 1.57 bits per heavy atom. The molecule has 0 aliphatic rings. The van der Waals surface area contributed by atoms with E-state index < -0.39 is 0 Å². The van der Waals surface area contributed by atoms with Gasteiger partial charge in [-0.05, 0) is 43.6 Å². The van der Waals surface area contributed by atoms with E-state index in [0.717, 1.165) is 38.9 Å². The predicted octanol–water partition coefficient (Wildman–Crippen LogP) is 11.7. The standard InChI is InChI=1S/C43H47N2O.Au/c1-40(2,3)30-13-14-37-35(23-30)36-25-33(43(10,11)12)24-34(38(36)45-37)28-17-26(19-31(21-28)41(4,5)6)27-18-29(39-44-15-16-46-39)22-32(20-27)42(7,8)9;/h13-16,19-25H,1-12H3;/q-3;+3. The van der Waals surface area contributed by atoms with Crippen LogP contribution in [0.1, 0.15) is 105 Å². The third kappa shape index (κ3) is 6.95. The van der Waals surface area contributed by atoms with Crippen LogP contribution >= 0.6 is 0 Å². The molecular formula is C43H47AuN2O. The minimum atomic E-state index is -0.0852. The third-order valence-corrected chi connectivity index (χ3v) is 9.07. The summed E-state index contributed by atoms with van der Waals surface area (Å²) in [5.41, 5.74) is 11.9. The summed E-state index contributed by atoms with van der Waals surface area (Å²) in [5.74, 6) is 0.571. The Morgan fingerprint density at radius 1 is 0.553 bits per heavy atom. The Balaban J connectivity index is 0.00000433. The van der Waals surface area contributed by atoms with E-state index in [2.05, 4.69) is 155 Å². The number of nitrogens with zero attached hydrogens (tertiary/aromatic N) is 2. The van der Waals surface area contributed by atoms with Gasteiger partial charge in [0.25, 0.3) is 0 Å². The maximum Gasteiger partial charge on any atom is 3.00 e. The van der Waals surface area contributed by atoms with Crippen LogP contribution in [0.15, 0.2) is 71.5 Å². The van der Waals surface area contributed by atoms with Gasteiger partial charge in [-0.3, -0.25) is 4.98 Å². The predicted molar refractivity (Wildman–Crippen MR) is 194 cm³/mol. The van der Waals surface area contributed by atoms with Crippen molar-refractivity contribution in [3.8, 4) is 33.7 Å². The average molecular weight is 805 g/mol. The van der Waals surface area contributed by atoms with Crippen molar-refractivity contribution in [2.45, 2.75) is 105 Å². The van der Waals surface area contributed by atoms with Crippen LogP contribution in [-0.2, 0) is 44.0 Å². The van der Waals surface area contributed by atoms with Gasteiger partial charge in [-0.25, -0.2) is 0 Å². The smallest absolute Gasteiger partial charge is 0.663 e. The molecule has 4 heteroatoms. The fourth-order valence-electron chi connectivity index (χ4n) is 5.95. The van der Waals surface area contributed by atoms with Gasteiger partial charge < -0.3 is 9.40 Å². The van der Waals surface area contributed by atoms with Crippen molar-refractivity contribution in [3.63, 3.8) is 0 Å². The monoisotopic (exact) mass is 804 g/mol. The molecule has 0 aliphatic heterocycles. The van der Waals surface area contributed by atoms with Crippen molar-refractivity contribution in [1.29, 1.82) is 0 Å². The molecule has 0 atom stereocenters. The van der Waals surface area contributed by atoms with Gasteiger partial charge in [0.2, 0.25) is 0 Å². The number of benzene rings is 4. The Kier molecular flexibility index (Phi) is 8.89. The molecule has 3 nitrogen and oxygen atoms in total. The minimum absolute atomic E-state index is 0. The molecule has 0 amide bonds. The zero-order valence-electron chi connectivity index (χ0n) is 30.0. The average Bonchev–Trinajstić information content (AvgIpc) is 3.62. The molecule has 47 heavy (non-hydrogen) atoms. The summed E-state index contributed by atoms with van der Waals surface area (Å²) in [6, 6.07) is 28.0. The molecule has 2 heterocycles. The maximum absolute atomic E-state index is 5.74. The number of hydrogen-bond acceptors (Lipinski definition) is 2. The number of rotatable bonds is 3. The Labute approximate surface area is 297 Å². The molecule has 0 bridgehead atoms. The van der Waals surface area contributed by atoms with E-state index in [0.29, 0.717) is 5.89 Å². The molecule has 0 saturated heterocycles. The second kappa shape index (κ2) is 11.9. The van der Waals surface area contributed by atoms with Gasteiger partial charge in [0.15, 0.2) is 5.89 Å². The summed E-state index contributed by atoms with van der Waals surface area (Å²) in [5, 5.41) is 2.41. The van der Waals surface area contributed by atoms with Gasteiger partial charge >= 0.3 is 22.4 Å². The van der Waals surface area contributed by atoms with Crippen molar-refractivity contribution in [3.05, 3.63) is 101 Å². The summed E-state index contributed by atoms with van der Waals surface area (Å²) in [7, 11) is 0. The van der Waals surface area contributed by atoms with E-state index in [1.165, 1.54) is 33.0 Å². The first-order chi connectivity index (χ1) is 21.3. The van der Waals surface area contributed by atoms with Crippen LogP contribution < -0.4 is 4.98 Å². The zero-order chi connectivity index (χ0) is 33.4. The number of fused-ring (bicyclic) bond motifs is 3. The van der Waals surface area contributed by atoms with E-state index in [9.17, 15) is 0 Å². The van der Waals surface area contributed by atoms with Gasteiger partial charge in [0.1, 0.15) is 0 Å². The van der Waals surface area contributed by atoms with Crippen LogP contribution in [0, 0.1) is 12.1 Å². The molecular weight excluding hydrogens is 757 g/mol. The summed E-state index contributed by atoms with van der Waals surface area (Å²) >= 11 is 0. The molecule has 0 fully saturated rings. The van der Waals surface area contributed by atoms with Crippen LogP contribution in [0.4, 0.5) is 0 Å². The van der Waals surface area contributed by atoms with Crippen molar-refractivity contribution in [1.82, 2.24) is 9.97 Å². The van der Waals surface area contributed by atoms with Crippen LogP contribution in [0.3, 0.4) is 0 Å². The Morgan fingerprint density at radius 2 is 1.04 bits per heavy atom. The molecule has 0 aliphatic carbocycles. The molecule has 4 aromatic carbocycles. The molecule has 246 valence electrons. The second-order valence-corrected chi connectivity index (χ2v) is 17.0. The molecule has 0 N–H and O–H groups in total. The molecule has 0 saturated carbocycles. The van der Waals surface area contributed by atoms with Gasteiger partial charge in [0.05, 0.1) is 12.5 Å². The number of aromatic nitrogens is 2. The largest absolute Gasteiger partial charge is 3.00 e. The fourth-order valence-corrected chi connectivity index (χ4v) is 5.95.